The van der Waals surface area contributed by atoms with Crippen LogP contribution < -0.4 is 0 Å². The number of aliphatic carboxylic acids is 1. The number of carboxylic acids is 1. The first-order valence-electron chi connectivity index (χ1n) is 5.15. The fourth-order valence-corrected chi connectivity index (χ4v) is 1.87. The molecule has 0 spiro atoms. The minimum absolute atomic E-state index is 0.226. The van der Waals surface area contributed by atoms with Crippen molar-refractivity contribution in [3.63, 3.8) is 0 Å². The average molecular weight is 201 g/mol. The van der Waals surface area contributed by atoms with Crippen molar-refractivity contribution in [3.05, 3.63) is 0 Å². The Morgan fingerprint density at radius 2 is 2.21 bits per heavy atom. The van der Waals surface area contributed by atoms with Crippen molar-refractivity contribution in [2.45, 2.75) is 26.2 Å². The second kappa shape index (κ2) is 4.75. The van der Waals surface area contributed by atoms with Crippen LogP contribution in [0, 0.1) is 5.41 Å². The molecular formula is C10H19NO3. The summed E-state index contributed by atoms with van der Waals surface area (Å²) < 4.78 is 0. The van der Waals surface area contributed by atoms with Crippen LogP contribution in [0.15, 0.2) is 0 Å². The summed E-state index contributed by atoms with van der Waals surface area (Å²) in [5.41, 5.74) is -0.556. The van der Waals surface area contributed by atoms with Gasteiger partial charge in [0.05, 0.1) is 5.41 Å². The lowest BCUT2D eigenvalue weighted by atomic mass is 9.90. The molecule has 0 amide bonds. The zero-order chi connectivity index (χ0) is 10.6. The molecule has 1 aliphatic heterocycles. The van der Waals surface area contributed by atoms with Crippen molar-refractivity contribution in [2.75, 3.05) is 26.2 Å². The van der Waals surface area contributed by atoms with E-state index in [0.717, 1.165) is 32.4 Å². The molecule has 0 bridgehead atoms. The van der Waals surface area contributed by atoms with Crippen molar-refractivity contribution in [1.82, 2.24) is 4.90 Å². The largest absolute Gasteiger partial charge is 0.481 e. The highest BCUT2D eigenvalue weighted by Crippen LogP contribution is 2.29. The maximum Gasteiger partial charge on any atom is 0.310 e. The van der Waals surface area contributed by atoms with E-state index in [1.807, 2.05) is 0 Å². The van der Waals surface area contributed by atoms with E-state index in [2.05, 4.69) is 4.90 Å². The van der Waals surface area contributed by atoms with Gasteiger partial charge in [-0.1, -0.05) is 0 Å². The molecule has 14 heavy (non-hydrogen) atoms. The third kappa shape index (κ3) is 2.69. The van der Waals surface area contributed by atoms with E-state index in [4.69, 9.17) is 10.2 Å². The van der Waals surface area contributed by atoms with Gasteiger partial charge in [0, 0.05) is 13.2 Å². The van der Waals surface area contributed by atoms with Crippen LogP contribution in [-0.2, 0) is 4.79 Å². The zero-order valence-electron chi connectivity index (χ0n) is 8.70. The molecule has 0 saturated carbocycles. The van der Waals surface area contributed by atoms with Crippen LogP contribution >= 0.6 is 0 Å². The molecule has 1 rings (SSSR count). The van der Waals surface area contributed by atoms with E-state index >= 15 is 0 Å². The minimum atomic E-state index is -0.692. The van der Waals surface area contributed by atoms with Crippen molar-refractivity contribution in [1.29, 1.82) is 0 Å². The number of aliphatic hydroxyl groups is 1. The van der Waals surface area contributed by atoms with Gasteiger partial charge in [-0.2, -0.15) is 0 Å². The third-order valence-corrected chi connectivity index (χ3v) is 2.95. The molecule has 82 valence electrons. The van der Waals surface area contributed by atoms with Crippen molar-refractivity contribution < 1.29 is 15.0 Å². The Bertz CT molecular complexity index is 208. The van der Waals surface area contributed by atoms with Crippen molar-refractivity contribution in [3.8, 4) is 0 Å². The third-order valence-electron chi connectivity index (χ3n) is 2.95. The molecule has 1 aliphatic rings. The number of carbonyl (C=O) groups is 1. The maximum atomic E-state index is 10.9. The van der Waals surface area contributed by atoms with Gasteiger partial charge in [-0.3, -0.25) is 4.79 Å². The van der Waals surface area contributed by atoms with Gasteiger partial charge in [0.2, 0.25) is 0 Å². The lowest BCUT2D eigenvalue weighted by Crippen LogP contribution is -2.32. The van der Waals surface area contributed by atoms with Gasteiger partial charge >= 0.3 is 5.97 Å². The molecule has 4 nitrogen and oxygen atoms in total. The molecule has 0 aromatic rings. The molecule has 0 aromatic heterocycles. The van der Waals surface area contributed by atoms with Gasteiger partial charge in [-0.15, -0.1) is 0 Å². The number of likely N-dealkylation sites (tertiary alicyclic amines) is 1. The van der Waals surface area contributed by atoms with Gasteiger partial charge < -0.3 is 15.1 Å². The van der Waals surface area contributed by atoms with E-state index in [9.17, 15) is 4.79 Å². The Kier molecular flexibility index (Phi) is 3.89. The van der Waals surface area contributed by atoms with E-state index < -0.39 is 11.4 Å². The highest BCUT2D eigenvalue weighted by molar-refractivity contribution is 5.74. The fraction of sp³-hybridized carbons (Fsp3) is 0.900. The van der Waals surface area contributed by atoms with Gasteiger partial charge in [-0.25, -0.2) is 0 Å². The molecule has 1 atom stereocenters. The first-order chi connectivity index (χ1) is 6.58. The first kappa shape index (κ1) is 11.5. The van der Waals surface area contributed by atoms with Crippen LogP contribution in [0.2, 0.25) is 0 Å². The lowest BCUT2D eigenvalue weighted by molar-refractivity contribution is -0.147. The number of hydrogen-bond donors (Lipinski definition) is 2. The molecular weight excluding hydrogens is 182 g/mol. The van der Waals surface area contributed by atoms with Crippen LogP contribution in [0.25, 0.3) is 0 Å². The topological polar surface area (TPSA) is 60.8 Å². The molecule has 1 heterocycles. The fourth-order valence-electron chi connectivity index (χ4n) is 1.87. The molecule has 1 saturated heterocycles. The summed E-state index contributed by atoms with van der Waals surface area (Å²) in [4.78, 5) is 13.1. The van der Waals surface area contributed by atoms with Crippen molar-refractivity contribution >= 4 is 5.97 Å². The highest BCUT2D eigenvalue weighted by Gasteiger charge is 2.39. The monoisotopic (exact) mass is 201 g/mol. The second-order valence-corrected chi connectivity index (χ2v) is 4.32. The number of aliphatic hydroxyl groups excluding tert-OH is 1. The normalized spacial score (nSPS) is 28.1. The molecule has 1 unspecified atom stereocenters. The maximum absolute atomic E-state index is 10.9. The summed E-state index contributed by atoms with van der Waals surface area (Å²) in [7, 11) is 0. The highest BCUT2D eigenvalue weighted by atomic mass is 16.4. The van der Waals surface area contributed by atoms with Gasteiger partial charge in [0.1, 0.15) is 0 Å². The predicted octanol–water partition coefficient (Wildman–Crippen LogP) is 0.556. The van der Waals surface area contributed by atoms with Crippen LogP contribution in [0.5, 0.6) is 0 Å². The molecule has 0 aromatic carbocycles. The smallest absolute Gasteiger partial charge is 0.310 e. The minimum Gasteiger partial charge on any atom is -0.481 e. The zero-order valence-corrected chi connectivity index (χ0v) is 8.70. The lowest BCUT2D eigenvalue weighted by Gasteiger charge is -2.19. The molecule has 0 radical (unpaired) electrons. The van der Waals surface area contributed by atoms with E-state index in [1.54, 1.807) is 6.92 Å². The SMILES string of the molecule is CC1(C(=O)O)CCN(CCCCO)C1. The van der Waals surface area contributed by atoms with Crippen molar-refractivity contribution in [2.24, 2.45) is 5.41 Å². The Morgan fingerprint density at radius 1 is 1.50 bits per heavy atom. The van der Waals surface area contributed by atoms with Crippen LogP contribution in [-0.4, -0.2) is 47.3 Å². The molecule has 1 fully saturated rings. The molecule has 4 heteroatoms. The number of unbranched alkanes of at least 4 members (excludes halogenated alkanes) is 1. The number of hydrogen-bond acceptors (Lipinski definition) is 3. The Morgan fingerprint density at radius 3 is 2.71 bits per heavy atom. The van der Waals surface area contributed by atoms with E-state index in [-0.39, 0.29) is 6.61 Å². The average Bonchev–Trinajstić information content (AvgIpc) is 2.50. The van der Waals surface area contributed by atoms with Crippen LogP contribution in [0.3, 0.4) is 0 Å². The van der Waals surface area contributed by atoms with Gasteiger partial charge in [0.25, 0.3) is 0 Å². The van der Waals surface area contributed by atoms with Crippen LogP contribution in [0.4, 0.5) is 0 Å². The quantitative estimate of drug-likeness (QED) is 0.638. The Labute approximate surface area is 84.5 Å². The van der Waals surface area contributed by atoms with Crippen LogP contribution in [0.1, 0.15) is 26.2 Å². The summed E-state index contributed by atoms with van der Waals surface area (Å²) in [6, 6.07) is 0. The number of nitrogens with zero attached hydrogens (tertiary/aromatic N) is 1. The first-order valence-corrected chi connectivity index (χ1v) is 5.15. The number of carboxylic acid groups (broad SMARTS) is 1. The summed E-state index contributed by atoms with van der Waals surface area (Å²) in [6.07, 6.45) is 2.49. The summed E-state index contributed by atoms with van der Waals surface area (Å²) in [5, 5.41) is 17.6. The molecule has 2 N–H and O–H groups in total. The summed E-state index contributed by atoms with van der Waals surface area (Å²) >= 11 is 0. The molecule has 0 aliphatic carbocycles. The number of rotatable bonds is 5. The van der Waals surface area contributed by atoms with E-state index in [1.165, 1.54) is 0 Å². The Balaban J connectivity index is 2.30. The predicted molar refractivity (Wildman–Crippen MR) is 53.1 cm³/mol. The summed E-state index contributed by atoms with van der Waals surface area (Å²) in [5.74, 6) is -0.692. The van der Waals surface area contributed by atoms with E-state index in [0.29, 0.717) is 6.54 Å². The summed E-state index contributed by atoms with van der Waals surface area (Å²) in [6.45, 7) is 4.46. The van der Waals surface area contributed by atoms with Gasteiger partial charge in [0.15, 0.2) is 0 Å². The van der Waals surface area contributed by atoms with Gasteiger partial charge in [-0.05, 0) is 39.3 Å². The standard InChI is InChI=1S/C10H19NO3/c1-10(9(13)14)4-6-11(8-10)5-2-3-7-12/h12H,2-8H2,1H3,(H,13,14). The second-order valence-electron chi connectivity index (χ2n) is 4.32. The Hall–Kier alpha value is -0.610.